The molecule has 0 saturated heterocycles. The van der Waals surface area contributed by atoms with Crippen LogP contribution in [-0.2, 0) is 14.3 Å². The van der Waals surface area contributed by atoms with Gasteiger partial charge in [0.15, 0.2) is 12.1 Å². The molecule has 0 saturated carbocycles. The zero-order chi connectivity index (χ0) is 17.1. The summed E-state index contributed by atoms with van der Waals surface area (Å²) >= 11 is 0. The minimum Gasteiger partial charge on any atom is -0.479 e. The summed E-state index contributed by atoms with van der Waals surface area (Å²) in [5.74, 6) is 0.00188. The fraction of sp³-hybridized carbons (Fsp3) is 0.222. The standard InChI is InChI=1S/C18H18N2O4/c1-11-17(21)20-14-10-13(8-9-15(14)24-11)19-16(18(22)23-2)12-6-4-3-5-7-12/h3-11,16,19H,1-2H3,(H,20,21)/t11-,16+/m0/s1. The molecule has 0 unspecified atom stereocenters. The maximum atomic E-state index is 12.1. The molecule has 24 heavy (non-hydrogen) atoms. The third-order valence-electron chi connectivity index (χ3n) is 3.79. The molecule has 1 heterocycles. The van der Waals surface area contributed by atoms with Gasteiger partial charge in [0.2, 0.25) is 0 Å². The van der Waals surface area contributed by atoms with Crippen LogP contribution in [0.25, 0.3) is 0 Å². The summed E-state index contributed by atoms with van der Waals surface area (Å²) in [5.41, 5.74) is 2.03. The van der Waals surface area contributed by atoms with E-state index in [1.165, 1.54) is 7.11 Å². The van der Waals surface area contributed by atoms with Crippen molar-refractivity contribution in [1.29, 1.82) is 0 Å². The molecule has 0 bridgehead atoms. The first-order valence-electron chi connectivity index (χ1n) is 7.59. The van der Waals surface area contributed by atoms with E-state index in [-0.39, 0.29) is 5.91 Å². The van der Waals surface area contributed by atoms with E-state index in [1.807, 2.05) is 30.3 Å². The molecule has 6 nitrogen and oxygen atoms in total. The Morgan fingerprint density at radius 1 is 1.25 bits per heavy atom. The fourth-order valence-electron chi connectivity index (χ4n) is 2.51. The molecule has 3 rings (SSSR count). The normalized spacial score (nSPS) is 17.1. The van der Waals surface area contributed by atoms with Crippen LogP contribution in [0.4, 0.5) is 11.4 Å². The zero-order valence-corrected chi connectivity index (χ0v) is 13.4. The monoisotopic (exact) mass is 326 g/mol. The third-order valence-corrected chi connectivity index (χ3v) is 3.79. The molecule has 1 amide bonds. The number of nitrogens with one attached hydrogen (secondary N) is 2. The first kappa shape index (κ1) is 15.9. The van der Waals surface area contributed by atoms with Gasteiger partial charge < -0.3 is 20.1 Å². The fourth-order valence-corrected chi connectivity index (χ4v) is 2.51. The Balaban J connectivity index is 1.87. The summed E-state index contributed by atoms with van der Waals surface area (Å²) in [6.45, 7) is 1.69. The van der Waals surface area contributed by atoms with Crippen molar-refractivity contribution < 1.29 is 19.1 Å². The molecule has 1 aliphatic heterocycles. The summed E-state index contributed by atoms with van der Waals surface area (Å²) < 4.78 is 10.4. The van der Waals surface area contributed by atoms with Crippen LogP contribution >= 0.6 is 0 Å². The molecule has 124 valence electrons. The number of hydrogen-bond acceptors (Lipinski definition) is 5. The Labute approximate surface area is 139 Å². The molecular weight excluding hydrogens is 308 g/mol. The number of anilines is 2. The summed E-state index contributed by atoms with van der Waals surface area (Å²) in [7, 11) is 1.35. The van der Waals surface area contributed by atoms with Crippen molar-refractivity contribution in [1.82, 2.24) is 0 Å². The Morgan fingerprint density at radius 3 is 2.71 bits per heavy atom. The van der Waals surface area contributed by atoms with E-state index in [0.717, 1.165) is 5.56 Å². The Morgan fingerprint density at radius 2 is 2.00 bits per heavy atom. The Kier molecular flexibility index (Phi) is 4.37. The largest absolute Gasteiger partial charge is 0.479 e. The average Bonchev–Trinajstić information content (AvgIpc) is 2.61. The van der Waals surface area contributed by atoms with Gasteiger partial charge >= 0.3 is 5.97 Å². The third kappa shape index (κ3) is 3.17. The van der Waals surface area contributed by atoms with Crippen molar-refractivity contribution in [2.75, 3.05) is 17.7 Å². The highest BCUT2D eigenvalue weighted by Crippen LogP contribution is 2.33. The number of rotatable bonds is 4. The van der Waals surface area contributed by atoms with Crippen LogP contribution in [0, 0.1) is 0 Å². The van der Waals surface area contributed by atoms with E-state index >= 15 is 0 Å². The van der Waals surface area contributed by atoms with Gasteiger partial charge in [-0.1, -0.05) is 30.3 Å². The van der Waals surface area contributed by atoms with Crippen LogP contribution in [0.1, 0.15) is 18.5 Å². The van der Waals surface area contributed by atoms with Gasteiger partial charge in [-0.2, -0.15) is 0 Å². The molecule has 0 spiro atoms. The number of fused-ring (bicyclic) bond motifs is 1. The quantitative estimate of drug-likeness (QED) is 0.845. The second kappa shape index (κ2) is 6.62. The van der Waals surface area contributed by atoms with Gasteiger partial charge in [-0.15, -0.1) is 0 Å². The second-order valence-corrected chi connectivity index (χ2v) is 5.47. The molecular formula is C18H18N2O4. The predicted molar refractivity (Wildman–Crippen MR) is 90.0 cm³/mol. The van der Waals surface area contributed by atoms with Crippen molar-refractivity contribution in [3.8, 4) is 5.75 Å². The molecule has 2 N–H and O–H groups in total. The Hall–Kier alpha value is -3.02. The zero-order valence-electron chi connectivity index (χ0n) is 13.4. The van der Waals surface area contributed by atoms with E-state index in [9.17, 15) is 9.59 Å². The van der Waals surface area contributed by atoms with Crippen molar-refractivity contribution in [3.05, 3.63) is 54.1 Å². The van der Waals surface area contributed by atoms with Crippen molar-refractivity contribution in [2.24, 2.45) is 0 Å². The molecule has 0 fully saturated rings. The number of carbonyl (C=O) groups excluding carboxylic acids is 2. The molecule has 2 atom stereocenters. The predicted octanol–water partition coefficient (Wildman–Crippen LogP) is 2.73. The first-order valence-corrected chi connectivity index (χ1v) is 7.59. The van der Waals surface area contributed by atoms with Gasteiger partial charge in [0.25, 0.3) is 5.91 Å². The van der Waals surface area contributed by atoms with Crippen LogP contribution in [0.5, 0.6) is 5.75 Å². The van der Waals surface area contributed by atoms with Gasteiger partial charge in [0.1, 0.15) is 5.75 Å². The second-order valence-electron chi connectivity index (χ2n) is 5.47. The van der Waals surface area contributed by atoms with Crippen LogP contribution in [0.2, 0.25) is 0 Å². The maximum absolute atomic E-state index is 12.1. The number of amides is 1. The number of benzene rings is 2. The summed E-state index contributed by atoms with van der Waals surface area (Å²) in [5, 5.41) is 5.93. The number of carbonyl (C=O) groups is 2. The van der Waals surface area contributed by atoms with Gasteiger partial charge in [-0.25, -0.2) is 4.79 Å². The van der Waals surface area contributed by atoms with Gasteiger partial charge in [-0.05, 0) is 30.7 Å². The van der Waals surface area contributed by atoms with Crippen molar-refractivity contribution in [3.63, 3.8) is 0 Å². The first-order chi connectivity index (χ1) is 11.6. The Bertz CT molecular complexity index is 761. The lowest BCUT2D eigenvalue weighted by Crippen LogP contribution is -2.34. The summed E-state index contributed by atoms with van der Waals surface area (Å²) in [6.07, 6.45) is -0.525. The smallest absolute Gasteiger partial charge is 0.332 e. The van der Waals surface area contributed by atoms with Crippen molar-refractivity contribution in [2.45, 2.75) is 19.1 Å². The highest BCUT2D eigenvalue weighted by molar-refractivity contribution is 5.98. The van der Waals surface area contributed by atoms with E-state index in [4.69, 9.17) is 9.47 Å². The molecule has 2 aromatic rings. The van der Waals surface area contributed by atoms with Crippen LogP contribution in [0.15, 0.2) is 48.5 Å². The topological polar surface area (TPSA) is 76.7 Å². The van der Waals surface area contributed by atoms with Crippen LogP contribution in [0.3, 0.4) is 0 Å². The SMILES string of the molecule is COC(=O)[C@H](Nc1ccc2c(c1)NC(=O)[C@H](C)O2)c1ccccc1. The number of esters is 1. The highest BCUT2D eigenvalue weighted by Gasteiger charge is 2.25. The molecule has 0 aliphatic carbocycles. The van der Waals surface area contributed by atoms with E-state index in [2.05, 4.69) is 10.6 Å². The molecule has 6 heteroatoms. The molecule has 0 aromatic heterocycles. The minimum atomic E-state index is -0.645. The maximum Gasteiger partial charge on any atom is 0.332 e. The molecule has 1 aliphatic rings. The van der Waals surface area contributed by atoms with Gasteiger partial charge in [0.05, 0.1) is 12.8 Å². The molecule has 2 aromatic carbocycles. The lowest BCUT2D eigenvalue weighted by molar-refractivity contribution is -0.141. The average molecular weight is 326 g/mol. The summed E-state index contributed by atoms with van der Waals surface area (Å²) in [6, 6.07) is 13.9. The van der Waals surface area contributed by atoms with Crippen molar-refractivity contribution >= 4 is 23.3 Å². The number of methoxy groups -OCH3 is 1. The summed E-state index contributed by atoms with van der Waals surface area (Å²) in [4.78, 5) is 23.9. The number of ether oxygens (including phenoxy) is 2. The number of hydrogen-bond donors (Lipinski definition) is 2. The van der Waals surface area contributed by atoms with E-state index in [1.54, 1.807) is 25.1 Å². The van der Waals surface area contributed by atoms with Crippen LogP contribution < -0.4 is 15.4 Å². The molecule has 0 radical (unpaired) electrons. The van der Waals surface area contributed by atoms with Crippen LogP contribution in [-0.4, -0.2) is 25.1 Å². The lowest BCUT2D eigenvalue weighted by atomic mass is 10.1. The van der Waals surface area contributed by atoms with Gasteiger partial charge in [-0.3, -0.25) is 4.79 Å². The van der Waals surface area contributed by atoms with E-state index in [0.29, 0.717) is 17.1 Å². The minimum absolute atomic E-state index is 0.202. The highest BCUT2D eigenvalue weighted by atomic mass is 16.5. The van der Waals surface area contributed by atoms with E-state index < -0.39 is 18.1 Å². The lowest BCUT2D eigenvalue weighted by Gasteiger charge is -2.24. The van der Waals surface area contributed by atoms with Gasteiger partial charge in [0, 0.05) is 5.69 Å².